The molecule has 2 aromatic heterocycles. The van der Waals surface area contributed by atoms with Crippen molar-refractivity contribution in [3.05, 3.63) is 65.1 Å². The van der Waals surface area contributed by atoms with Crippen molar-refractivity contribution in [1.29, 1.82) is 0 Å². The Balaban J connectivity index is 1.73. The molecular weight excluding hydrogens is 344 g/mol. The Bertz CT molecular complexity index is 1020. The monoisotopic (exact) mass is 364 g/mol. The van der Waals surface area contributed by atoms with Gasteiger partial charge in [0.2, 0.25) is 0 Å². The third-order valence-corrected chi connectivity index (χ3v) is 3.96. The predicted octanol–water partition coefficient (Wildman–Crippen LogP) is 3.17. The summed E-state index contributed by atoms with van der Waals surface area (Å²) >= 11 is 0. The number of carbonyl (C=O) groups is 2. The Labute approximate surface area is 156 Å². The fourth-order valence-corrected chi connectivity index (χ4v) is 2.62. The van der Waals surface area contributed by atoms with E-state index < -0.39 is 0 Å². The first-order valence-electron chi connectivity index (χ1n) is 8.56. The molecule has 1 N–H and O–H groups in total. The van der Waals surface area contributed by atoms with Crippen LogP contribution in [-0.2, 0) is 9.53 Å². The highest BCUT2D eigenvalue weighted by Gasteiger charge is 2.14. The Hall–Kier alpha value is -3.48. The number of amides is 1. The first kappa shape index (κ1) is 18.3. The molecule has 0 unspecified atom stereocenters. The molecular formula is C20H20N4O3. The lowest BCUT2D eigenvalue weighted by molar-refractivity contribution is -0.137. The fraction of sp³-hybridized carbons (Fsp3) is 0.200. The van der Waals surface area contributed by atoms with E-state index in [9.17, 15) is 9.59 Å². The highest BCUT2D eigenvalue weighted by atomic mass is 16.5. The molecule has 1 aromatic carbocycles. The van der Waals surface area contributed by atoms with Crippen LogP contribution in [0, 0.1) is 13.8 Å². The van der Waals surface area contributed by atoms with Crippen molar-refractivity contribution in [3.8, 4) is 0 Å². The second-order valence-corrected chi connectivity index (χ2v) is 5.97. The number of nitrogens with zero attached hydrogens (tertiary/aromatic N) is 3. The minimum absolute atomic E-state index is 0.259. The lowest BCUT2D eigenvalue weighted by atomic mass is 10.1. The first-order chi connectivity index (χ1) is 13.0. The Kier molecular flexibility index (Phi) is 5.30. The zero-order valence-electron chi connectivity index (χ0n) is 15.4. The number of benzene rings is 1. The Morgan fingerprint density at radius 2 is 1.96 bits per heavy atom. The second kappa shape index (κ2) is 7.82. The molecule has 0 fully saturated rings. The summed E-state index contributed by atoms with van der Waals surface area (Å²) < 4.78 is 6.50. The molecule has 0 spiro atoms. The van der Waals surface area contributed by atoms with Gasteiger partial charge in [0, 0.05) is 24.0 Å². The molecule has 0 aliphatic heterocycles. The summed E-state index contributed by atoms with van der Waals surface area (Å²) in [7, 11) is 0. The maximum atomic E-state index is 12.6. The number of esters is 1. The maximum Gasteiger partial charge on any atom is 0.330 e. The van der Waals surface area contributed by atoms with E-state index in [1.165, 1.54) is 6.08 Å². The van der Waals surface area contributed by atoms with Crippen LogP contribution in [0.5, 0.6) is 0 Å². The number of hydrogen-bond donors (Lipinski definition) is 1. The number of aromatic nitrogens is 3. The van der Waals surface area contributed by atoms with E-state index in [0.717, 1.165) is 17.0 Å². The zero-order chi connectivity index (χ0) is 19.4. The molecule has 3 aromatic rings. The molecule has 0 aliphatic carbocycles. The predicted molar refractivity (Wildman–Crippen MR) is 103 cm³/mol. The van der Waals surface area contributed by atoms with Gasteiger partial charge in [-0.25, -0.2) is 14.3 Å². The van der Waals surface area contributed by atoms with Crippen LogP contribution in [0.4, 0.5) is 5.69 Å². The molecule has 0 bridgehead atoms. The molecule has 7 nitrogen and oxygen atoms in total. The van der Waals surface area contributed by atoms with Crippen molar-refractivity contribution >= 4 is 29.3 Å². The number of hydrogen-bond acceptors (Lipinski definition) is 5. The number of rotatable bonds is 5. The lowest BCUT2D eigenvalue weighted by Gasteiger charge is -2.09. The maximum absolute atomic E-state index is 12.6. The van der Waals surface area contributed by atoms with E-state index >= 15 is 0 Å². The number of fused-ring (bicyclic) bond motifs is 1. The molecule has 2 heterocycles. The van der Waals surface area contributed by atoms with E-state index in [1.807, 2.05) is 19.9 Å². The minimum Gasteiger partial charge on any atom is -0.463 e. The Morgan fingerprint density at radius 1 is 1.22 bits per heavy atom. The molecule has 138 valence electrons. The van der Waals surface area contributed by atoms with Crippen LogP contribution in [0.15, 0.2) is 42.6 Å². The highest BCUT2D eigenvalue weighted by Crippen LogP contribution is 2.15. The summed E-state index contributed by atoms with van der Waals surface area (Å²) in [5.74, 6) is -0.646. The molecule has 0 atom stereocenters. The van der Waals surface area contributed by atoms with Gasteiger partial charge in [-0.1, -0.05) is 12.1 Å². The number of ether oxygens (including phenoxy) is 1. The molecule has 27 heavy (non-hydrogen) atoms. The van der Waals surface area contributed by atoms with Crippen molar-refractivity contribution in [2.24, 2.45) is 0 Å². The molecule has 0 aliphatic rings. The summed E-state index contributed by atoms with van der Waals surface area (Å²) in [4.78, 5) is 28.2. The number of aryl methyl sites for hydroxylation is 2. The van der Waals surface area contributed by atoms with Crippen molar-refractivity contribution in [1.82, 2.24) is 14.6 Å². The van der Waals surface area contributed by atoms with Crippen LogP contribution < -0.4 is 5.32 Å². The third-order valence-electron chi connectivity index (χ3n) is 3.96. The summed E-state index contributed by atoms with van der Waals surface area (Å²) in [6, 6.07) is 8.99. The van der Waals surface area contributed by atoms with Crippen LogP contribution >= 0.6 is 0 Å². The van der Waals surface area contributed by atoms with Gasteiger partial charge in [0.25, 0.3) is 5.91 Å². The largest absolute Gasteiger partial charge is 0.463 e. The van der Waals surface area contributed by atoms with Gasteiger partial charge in [0.15, 0.2) is 5.65 Å². The number of anilines is 1. The molecule has 3 rings (SSSR count). The van der Waals surface area contributed by atoms with Gasteiger partial charge in [-0.05, 0) is 44.5 Å². The average Bonchev–Trinajstić information content (AvgIpc) is 3.03. The quantitative estimate of drug-likeness (QED) is 0.555. The van der Waals surface area contributed by atoms with Crippen molar-refractivity contribution in [2.75, 3.05) is 11.9 Å². The normalized spacial score (nSPS) is 11.1. The van der Waals surface area contributed by atoms with Gasteiger partial charge in [-0.15, -0.1) is 0 Å². The van der Waals surface area contributed by atoms with Crippen LogP contribution in [-0.4, -0.2) is 33.1 Å². The van der Waals surface area contributed by atoms with E-state index in [1.54, 1.807) is 48.0 Å². The van der Waals surface area contributed by atoms with Gasteiger partial charge in [-0.2, -0.15) is 5.10 Å². The molecule has 0 saturated heterocycles. The fourth-order valence-electron chi connectivity index (χ4n) is 2.62. The summed E-state index contributed by atoms with van der Waals surface area (Å²) in [5, 5.41) is 7.20. The smallest absolute Gasteiger partial charge is 0.330 e. The van der Waals surface area contributed by atoms with Crippen molar-refractivity contribution in [3.63, 3.8) is 0 Å². The standard InChI is InChI=1S/C20H20N4O3/c1-4-27-19(25)10-7-15-5-8-16(9-6-15)22-20(26)17-12-21-18-11-13(2)23-24(18)14(17)3/h5-12H,4H2,1-3H3,(H,22,26)/b10-7+. The van der Waals surface area contributed by atoms with Crippen LogP contribution in [0.25, 0.3) is 11.7 Å². The number of nitrogens with one attached hydrogen (secondary N) is 1. The lowest BCUT2D eigenvalue weighted by Crippen LogP contribution is -2.16. The van der Waals surface area contributed by atoms with Gasteiger partial charge in [0.05, 0.1) is 23.6 Å². The van der Waals surface area contributed by atoms with Crippen molar-refractivity contribution in [2.45, 2.75) is 20.8 Å². The highest BCUT2D eigenvalue weighted by molar-refractivity contribution is 6.05. The van der Waals surface area contributed by atoms with Gasteiger partial charge >= 0.3 is 5.97 Å². The zero-order valence-corrected chi connectivity index (χ0v) is 15.4. The summed E-state index contributed by atoms with van der Waals surface area (Å²) in [5.41, 5.74) is 4.20. The minimum atomic E-state index is -0.387. The summed E-state index contributed by atoms with van der Waals surface area (Å²) in [6.07, 6.45) is 4.58. The number of carbonyl (C=O) groups excluding carboxylic acids is 2. The van der Waals surface area contributed by atoms with E-state index in [2.05, 4.69) is 15.4 Å². The first-order valence-corrected chi connectivity index (χ1v) is 8.56. The molecule has 1 amide bonds. The van der Waals surface area contributed by atoms with Crippen molar-refractivity contribution < 1.29 is 14.3 Å². The molecule has 7 heteroatoms. The van der Waals surface area contributed by atoms with Gasteiger partial charge in [0.1, 0.15) is 0 Å². The Morgan fingerprint density at radius 3 is 2.67 bits per heavy atom. The van der Waals surface area contributed by atoms with Crippen LogP contribution in [0.1, 0.15) is 34.2 Å². The van der Waals surface area contributed by atoms with Gasteiger partial charge in [-0.3, -0.25) is 4.79 Å². The molecule has 0 radical (unpaired) electrons. The topological polar surface area (TPSA) is 85.6 Å². The van der Waals surface area contributed by atoms with Crippen LogP contribution in [0.3, 0.4) is 0 Å². The van der Waals surface area contributed by atoms with Crippen LogP contribution in [0.2, 0.25) is 0 Å². The van der Waals surface area contributed by atoms with Gasteiger partial charge < -0.3 is 10.1 Å². The van der Waals surface area contributed by atoms with E-state index in [-0.39, 0.29) is 11.9 Å². The third kappa shape index (κ3) is 4.20. The summed E-state index contributed by atoms with van der Waals surface area (Å²) in [6.45, 7) is 5.81. The average molecular weight is 364 g/mol. The SMILES string of the molecule is CCOC(=O)/C=C/c1ccc(NC(=O)c2cnc3cc(C)nn3c2C)cc1. The second-order valence-electron chi connectivity index (χ2n) is 5.97. The molecule has 0 saturated carbocycles. The van der Waals surface area contributed by atoms with E-state index in [0.29, 0.717) is 23.5 Å². The van der Waals surface area contributed by atoms with E-state index in [4.69, 9.17) is 4.74 Å².